The van der Waals surface area contributed by atoms with E-state index < -0.39 is 16.4 Å². The summed E-state index contributed by atoms with van der Waals surface area (Å²) in [6, 6.07) is 5.33. The topological polar surface area (TPSA) is 40.0 Å². The Hall–Kier alpha value is -1.38. The molecule has 0 amide bonds. The quantitative estimate of drug-likeness (QED) is 0.267. The number of nitrogens with zero attached hydrogens (tertiary/aromatic N) is 1. The molecule has 1 aliphatic heterocycles. The maximum absolute atomic E-state index is 6.96. The average molecular weight is 476 g/mol. The van der Waals surface area contributed by atoms with Gasteiger partial charge >= 0.3 is 0 Å². The lowest BCUT2D eigenvalue weighted by molar-refractivity contribution is 0.188. The van der Waals surface area contributed by atoms with Crippen LogP contribution in [0.25, 0.3) is 0 Å². The van der Waals surface area contributed by atoms with E-state index >= 15 is 0 Å². The predicted molar refractivity (Wildman–Crippen MR) is 143 cm³/mol. The van der Waals surface area contributed by atoms with E-state index in [0.29, 0.717) is 0 Å². The summed E-state index contributed by atoms with van der Waals surface area (Å²) in [6.07, 6.45) is 2.73. The maximum atomic E-state index is 6.96. The Bertz CT molecular complexity index is 848. The van der Waals surface area contributed by atoms with Gasteiger partial charge in [0.15, 0.2) is 19.8 Å². The zero-order valence-electron chi connectivity index (χ0n) is 22.1. The van der Waals surface area contributed by atoms with E-state index in [1.165, 1.54) is 16.7 Å². The molecule has 32 heavy (non-hydrogen) atoms. The Labute approximate surface area is 198 Å². The van der Waals surface area contributed by atoms with E-state index in [1.54, 1.807) is 14.2 Å². The average Bonchev–Trinajstić information content (AvgIpc) is 2.64. The van der Waals surface area contributed by atoms with E-state index in [9.17, 15) is 0 Å². The molecule has 1 atom stereocenters. The fraction of sp³-hybridized carbons (Fsp3) is 0.654. The van der Waals surface area contributed by atoms with Crippen molar-refractivity contribution in [3.8, 4) is 11.5 Å². The van der Waals surface area contributed by atoms with Gasteiger partial charge in [0.25, 0.3) is 0 Å². The van der Waals surface area contributed by atoms with Gasteiger partial charge in [0.05, 0.1) is 20.3 Å². The minimum atomic E-state index is -1.93. The number of ether oxygens (including phenoxy) is 2. The molecule has 4 nitrogen and oxygen atoms in total. The van der Waals surface area contributed by atoms with Crippen LogP contribution in [0.15, 0.2) is 29.3 Å². The van der Waals surface area contributed by atoms with Gasteiger partial charge in [0, 0.05) is 32.3 Å². The zero-order valence-corrected chi connectivity index (χ0v) is 24.1. The summed E-state index contributed by atoms with van der Waals surface area (Å²) in [5, 5.41) is 0.161. The number of aliphatic imine (C=N–C) groups is 1. The Morgan fingerprint density at radius 2 is 1.66 bits per heavy atom. The van der Waals surface area contributed by atoms with Gasteiger partial charge < -0.3 is 13.9 Å². The number of hydrogen-bond acceptors (Lipinski definition) is 4. The highest BCUT2D eigenvalue weighted by molar-refractivity contribution is 6.76. The van der Waals surface area contributed by atoms with Crippen LogP contribution in [0.2, 0.25) is 43.8 Å². The van der Waals surface area contributed by atoms with Crippen molar-refractivity contribution in [3.05, 3.63) is 35.4 Å². The van der Waals surface area contributed by atoms with Crippen molar-refractivity contribution in [3.63, 3.8) is 0 Å². The van der Waals surface area contributed by atoms with Crippen molar-refractivity contribution < 1.29 is 13.9 Å². The lowest BCUT2D eigenvalue weighted by Gasteiger charge is -2.40. The summed E-state index contributed by atoms with van der Waals surface area (Å²) in [4.78, 5) is 4.95. The van der Waals surface area contributed by atoms with Crippen LogP contribution < -0.4 is 9.47 Å². The van der Waals surface area contributed by atoms with Crippen molar-refractivity contribution in [1.82, 2.24) is 0 Å². The van der Waals surface area contributed by atoms with Gasteiger partial charge in [0.1, 0.15) is 0 Å². The first-order chi connectivity index (χ1) is 14.7. The minimum Gasteiger partial charge on any atom is -0.493 e. The van der Waals surface area contributed by atoms with Gasteiger partial charge in [-0.1, -0.05) is 46.0 Å². The third-order valence-electron chi connectivity index (χ3n) is 6.59. The van der Waals surface area contributed by atoms with E-state index in [2.05, 4.69) is 72.2 Å². The van der Waals surface area contributed by atoms with Crippen LogP contribution in [0.3, 0.4) is 0 Å². The van der Waals surface area contributed by atoms with Gasteiger partial charge in [-0.25, -0.2) is 0 Å². The van der Waals surface area contributed by atoms with Gasteiger partial charge in [0.2, 0.25) is 0 Å². The van der Waals surface area contributed by atoms with Gasteiger partial charge in [-0.3, -0.25) is 4.99 Å². The second-order valence-electron chi connectivity index (χ2n) is 11.8. The van der Waals surface area contributed by atoms with Crippen LogP contribution in [-0.2, 0) is 10.8 Å². The molecule has 0 spiro atoms. The van der Waals surface area contributed by atoms with Crippen LogP contribution >= 0.6 is 0 Å². The molecular weight excluding hydrogens is 430 g/mol. The minimum absolute atomic E-state index is 0.0949. The number of hydrogen-bond donors (Lipinski definition) is 0. The molecule has 2 rings (SSSR count). The third kappa shape index (κ3) is 7.06. The molecule has 1 aliphatic rings. The summed E-state index contributed by atoms with van der Waals surface area (Å²) in [5.74, 6) is 1.54. The van der Waals surface area contributed by atoms with E-state index in [4.69, 9.17) is 18.9 Å². The van der Waals surface area contributed by atoms with Gasteiger partial charge in [-0.2, -0.15) is 0 Å². The monoisotopic (exact) mass is 475 g/mol. The number of fused-ring (bicyclic) bond motifs is 1. The van der Waals surface area contributed by atoms with Crippen LogP contribution in [0.5, 0.6) is 11.5 Å². The zero-order chi connectivity index (χ0) is 24.3. The molecular formula is C26H45NO3Si2. The van der Waals surface area contributed by atoms with Gasteiger partial charge in [-0.05, 0) is 54.7 Å². The first-order valence-electron chi connectivity index (χ1n) is 11.8. The smallest absolute Gasteiger partial charge is 0.192 e. The fourth-order valence-corrected chi connectivity index (χ4v) is 7.07. The van der Waals surface area contributed by atoms with Crippen LogP contribution in [0.4, 0.5) is 0 Å². The Balaban J connectivity index is 2.35. The second kappa shape index (κ2) is 10.3. The van der Waals surface area contributed by atoms with Crippen LogP contribution in [-0.4, -0.2) is 49.0 Å². The first kappa shape index (κ1) is 26.9. The highest BCUT2D eigenvalue weighted by atomic mass is 28.4. The Kier molecular flexibility index (Phi) is 8.62. The normalized spacial score (nSPS) is 15.6. The molecule has 1 unspecified atom stereocenters. The summed E-state index contributed by atoms with van der Waals surface area (Å²) in [5.41, 5.74) is 4.89. The molecule has 0 bridgehead atoms. The summed E-state index contributed by atoms with van der Waals surface area (Å²) in [6.45, 7) is 24.1. The van der Waals surface area contributed by atoms with E-state index in [0.717, 1.165) is 49.1 Å². The summed E-state index contributed by atoms with van der Waals surface area (Å²) >= 11 is 0. The first-order valence-corrected chi connectivity index (χ1v) is 18.4. The van der Waals surface area contributed by atoms with Crippen molar-refractivity contribution >= 4 is 22.1 Å². The van der Waals surface area contributed by atoms with Crippen molar-refractivity contribution in [2.45, 2.75) is 90.0 Å². The molecule has 6 heteroatoms. The Morgan fingerprint density at radius 1 is 1.06 bits per heavy atom. The molecule has 0 aliphatic carbocycles. The lowest BCUT2D eigenvalue weighted by Crippen LogP contribution is -2.44. The van der Waals surface area contributed by atoms with Crippen LogP contribution in [0.1, 0.15) is 44.7 Å². The SMILES string of the molecule is C=C(CC(CC1=NCCc2cc(OC)c(OC)cc21)O[Si](C)(C)C(C)(C)C)C[Si](C)(C)C. The maximum Gasteiger partial charge on any atom is 0.192 e. The Morgan fingerprint density at radius 3 is 2.19 bits per heavy atom. The summed E-state index contributed by atoms with van der Waals surface area (Å²) in [7, 11) is 0.227. The molecule has 1 heterocycles. The highest BCUT2D eigenvalue weighted by Crippen LogP contribution is 2.39. The number of rotatable bonds is 10. The van der Waals surface area contributed by atoms with Crippen molar-refractivity contribution in [2.75, 3.05) is 20.8 Å². The molecule has 180 valence electrons. The molecule has 0 aromatic heterocycles. The molecule has 0 saturated heterocycles. The number of benzene rings is 1. The van der Waals surface area contributed by atoms with Crippen molar-refractivity contribution in [1.29, 1.82) is 0 Å². The lowest BCUT2D eigenvalue weighted by atomic mass is 9.92. The molecule has 1 aromatic carbocycles. The third-order valence-corrected chi connectivity index (χ3v) is 12.7. The molecule has 1 aromatic rings. The molecule has 0 N–H and O–H groups in total. The predicted octanol–water partition coefficient (Wildman–Crippen LogP) is 7.11. The fourth-order valence-electron chi connectivity index (χ4n) is 4.08. The van der Waals surface area contributed by atoms with Gasteiger partial charge in [-0.15, -0.1) is 6.58 Å². The molecule has 0 fully saturated rings. The molecule has 0 radical (unpaired) electrons. The standard InChI is InChI=1S/C26H45NO3Si2/c1-19(18-31(7,8)9)14-21(30-32(10,11)26(2,3)4)16-23-22-17-25(29-6)24(28-5)15-20(22)12-13-27-23/h15,17,21H,1,12-14,16,18H2,2-11H3. The second-order valence-corrected chi connectivity index (χ2v) is 22.1. The highest BCUT2D eigenvalue weighted by Gasteiger charge is 2.39. The van der Waals surface area contributed by atoms with E-state index in [-0.39, 0.29) is 11.1 Å². The summed E-state index contributed by atoms with van der Waals surface area (Å²) < 4.78 is 18.1. The largest absolute Gasteiger partial charge is 0.493 e. The van der Waals surface area contributed by atoms with E-state index in [1.807, 2.05) is 0 Å². The van der Waals surface area contributed by atoms with Crippen molar-refractivity contribution in [2.24, 2.45) is 4.99 Å². The van der Waals surface area contributed by atoms with Crippen LogP contribution in [0, 0.1) is 0 Å². The molecule has 0 saturated carbocycles. The number of methoxy groups -OCH3 is 2.